The van der Waals surface area contributed by atoms with Crippen LogP contribution in [0.1, 0.15) is 22.8 Å². The van der Waals surface area contributed by atoms with Crippen molar-refractivity contribution in [3.8, 4) is 0 Å². The van der Waals surface area contributed by atoms with Crippen LogP contribution in [0.15, 0.2) is 42.5 Å². The van der Waals surface area contributed by atoms with Crippen molar-refractivity contribution in [3.05, 3.63) is 58.6 Å². The molecule has 0 unspecified atom stereocenters. The fourth-order valence-corrected chi connectivity index (χ4v) is 2.38. The Morgan fingerprint density at radius 2 is 2.05 bits per heavy atom. The van der Waals surface area contributed by atoms with Gasteiger partial charge in [-0.1, -0.05) is 23.7 Å². The summed E-state index contributed by atoms with van der Waals surface area (Å²) in [4.78, 5) is 14.5. The molecule has 0 aliphatic heterocycles. The number of anilines is 2. The molecular formula is C16H18ClN3O. The number of nitrogens with one attached hydrogen (secondary N) is 1. The van der Waals surface area contributed by atoms with E-state index < -0.39 is 0 Å². The molecule has 110 valence electrons. The van der Waals surface area contributed by atoms with E-state index >= 15 is 0 Å². The molecule has 21 heavy (non-hydrogen) atoms. The first kappa shape index (κ1) is 15.4. The lowest BCUT2D eigenvalue weighted by Gasteiger charge is -2.23. The van der Waals surface area contributed by atoms with Gasteiger partial charge in [0.2, 0.25) is 0 Å². The van der Waals surface area contributed by atoms with Crippen LogP contribution in [-0.2, 0) is 0 Å². The average molecular weight is 304 g/mol. The smallest absolute Gasteiger partial charge is 0.260 e. The standard InChI is InChI=1S/C16H18ClN3O/c1-3-20(13-6-4-5-11(2)9-13)16(21)14-10-12(17)7-8-15(14)19-18/h4-10,19H,3,18H2,1-2H3. The van der Waals surface area contributed by atoms with Crippen LogP contribution in [0.4, 0.5) is 11.4 Å². The van der Waals surface area contributed by atoms with Crippen molar-refractivity contribution in [3.63, 3.8) is 0 Å². The highest BCUT2D eigenvalue weighted by Gasteiger charge is 2.19. The molecule has 0 bridgehead atoms. The molecule has 0 aliphatic rings. The van der Waals surface area contributed by atoms with Gasteiger partial charge in [-0.3, -0.25) is 10.6 Å². The molecule has 0 saturated heterocycles. The van der Waals surface area contributed by atoms with Crippen molar-refractivity contribution in [2.24, 2.45) is 5.84 Å². The molecule has 3 N–H and O–H groups in total. The average Bonchev–Trinajstić information content (AvgIpc) is 2.48. The lowest BCUT2D eigenvalue weighted by atomic mass is 10.1. The van der Waals surface area contributed by atoms with Gasteiger partial charge in [-0.25, -0.2) is 0 Å². The molecule has 0 atom stereocenters. The van der Waals surface area contributed by atoms with Gasteiger partial charge in [0.25, 0.3) is 5.91 Å². The van der Waals surface area contributed by atoms with Crippen LogP contribution >= 0.6 is 11.6 Å². The lowest BCUT2D eigenvalue weighted by Crippen LogP contribution is -2.31. The third-order valence-corrected chi connectivity index (χ3v) is 3.48. The van der Waals surface area contributed by atoms with E-state index in [0.717, 1.165) is 11.3 Å². The van der Waals surface area contributed by atoms with Crippen molar-refractivity contribution >= 4 is 28.9 Å². The molecule has 2 aromatic carbocycles. The summed E-state index contributed by atoms with van der Waals surface area (Å²) in [6.07, 6.45) is 0. The summed E-state index contributed by atoms with van der Waals surface area (Å²) in [5.41, 5.74) is 5.49. The van der Waals surface area contributed by atoms with E-state index in [-0.39, 0.29) is 5.91 Å². The largest absolute Gasteiger partial charge is 0.323 e. The van der Waals surface area contributed by atoms with Crippen molar-refractivity contribution in [2.45, 2.75) is 13.8 Å². The number of rotatable bonds is 4. The summed E-state index contributed by atoms with van der Waals surface area (Å²) in [5, 5.41) is 0.498. The molecule has 2 aromatic rings. The van der Waals surface area contributed by atoms with Gasteiger partial charge in [-0.05, 0) is 49.7 Å². The number of carbonyl (C=O) groups is 1. The minimum absolute atomic E-state index is 0.140. The van der Waals surface area contributed by atoms with Crippen molar-refractivity contribution in [2.75, 3.05) is 16.9 Å². The fraction of sp³-hybridized carbons (Fsp3) is 0.188. The Kier molecular flexibility index (Phi) is 4.83. The predicted molar refractivity (Wildman–Crippen MR) is 87.8 cm³/mol. The zero-order chi connectivity index (χ0) is 15.4. The van der Waals surface area contributed by atoms with Crippen molar-refractivity contribution in [1.82, 2.24) is 0 Å². The zero-order valence-corrected chi connectivity index (χ0v) is 12.8. The van der Waals surface area contributed by atoms with Gasteiger partial charge in [0, 0.05) is 17.3 Å². The van der Waals surface area contributed by atoms with E-state index in [4.69, 9.17) is 17.4 Å². The SMILES string of the molecule is CCN(C(=O)c1cc(Cl)ccc1NN)c1cccc(C)c1. The highest BCUT2D eigenvalue weighted by Crippen LogP contribution is 2.24. The fourth-order valence-electron chi connectivity index (χ4n) is 2.20. The molecule has 0 aromatic heterocycles. The number of nitrogens with two attached hydrogens (primary N) is 1. The third-order valence-electron chi connectivity index (χ3n) is 3.24. The molecule has 0 saturated carbocycles. The second-order valence-corrected chi connectivity index (χ2v) is 5.16. The maximum absolute atomic E-state index is 12.8. The molecule has 0 fully saturated rings. The molecule has 0 radical (unpaired) electrons. The maximum atomic E-state index is 12.8. The van der Waals surface area contributed by atoms with Gasteiger partial charge in [0.1, 0.15) is 0 Å². The van der Waals surface area contributed by atoms with Gasteiger partial charge < -0.3 is 10.3 Å². The Morgan fingerprint density at radius 1 is 1.29 bits per heavy atom. The number of carbonyl (C=O) groups excluding carboxylic acids is 1. The third kappa shape index (κ3) is 3.35. The topological polar surface area (TPSA) is 58.4 Å². The van der Waals surface area contributed by atoms with E-state index in [1.165, 1.54) is 0 Å². The number of hydrazine groups is 1. The Hall–Kier alpha value is -2.04. The Bertz CT molecular complexity index is 658. The molecule has 0 spiro atoms. The first-order valence-electron chi connectivity index (χ1n) is 6.71. The quantitative estimate of drug-likeness (QED) is 0.670. The normalized spacial score (nSPS) is 10.3. The molecule has 4 nitrogen and oxygen atoms in total. The predicted octanol–water partition coefficient (Wildman–Crippen LogP) is 3.60. The van der Waals surface area contributed by atoms with Crippen LogP contribution in [0, 0.1) is 6.92 Å². The molecular weight excluding hydrogens is 286 g/mol. The summed E-state index contributed by atoms with van der Waals surface area (Å²) in [7, 11) is 0. The molecule has 0 heterocycles. The van der Waals surface area contributed by atoms with E-state index in [0.29, 0.717) is 22.8 Å². The van der Waals surface area contributed by atoms with Crippen LogP contribution in [0.2, 0.25) is 5.02 Å². The second kappa shape index (κ2) is 6.61. The number of nitrogens with zero attached hydrogens (tertiary/aromatic N) is 1. The van der Waals surface area contributed by atoms with Crippen LogP contribution in [-0.4, -0.2) is 12.5 Å². The highest BCUT2D eigenvalue weighted by atomic mass is 35.5. The van der Waals surface area contributed by atoms with Crippen LogP contribution in [0.5, 0.6) is 0 Å². The first-order chi connectivity index (χ1) is 10.1. The molecule has 2 rings (SSSR count). The number of hydrogen-bond donors (Lipinski definition) is 2. The molecule has 0 aliphatic carbocycles. The number of amides is 1. The minimum Gasteiger partial charge on any atom is -0.323 e. The number of benzene rings is 2. The van der Waals surface area contributed by atoms with Crippen LogP contribution < -0.4 is 16.2 Å². The molecule has 5 heteroatoms. The number of hydrogen-bond acceptors (Lipinski definition) is 3. The number of nitrogen functional groups attached to an aromatic ring is 1. The Labute approximate surface area is 129 Å². The Balaban J connectivity index is 2.43. The van der Waals surface area contributed by atoms with E-state index in [2.05, 4.69) is 5.43 Å². The van der Waals surface area contributed by atoms with E-state index in [1.807, 2.05) is 38.1 Å². The van der Waals surface area contributed by atoms with Gasteiger partial charge >= 0.3 is 0 Å². The highest BCUT2D eigenvalue weighted by molar-refractivity contribution is 6.31. The second-order valence-electron chi connectivity index (χ2n) is 4.72. The lowest BCUT2D eigenvalue weighted by molar-refractivity contribution is 0.0989. The first-order valence-corrected chi connectivity index (χ1v) is 7.09. The minimum atomic E-state index is -0.140. The summed E-state index contributed by atoms with van der Waals surface area (Å²) in [6, 6.07) is 12.8. The summed E-state index contributed by atoms with van der Waals surface area (Å²) >= 11 is 6.00. The van der Waals surface area contributed by atoms with Crippen LogP contribution in [0.3, 0.4) is 0 Å². The maximum Gasteiger partial charge on any atom is 0.260 e. The number of aryl methyl sites for hydroxylation is 1. The van der Waals surface area contributed by atoms with Gasteiger partial charge in [-0.15, -0.1) is 0 Å². The van der Waals surface area contributed by atoms with Gasteiger partial charge in [-0.2, -0.15) is 0 Å². The van der Waals surface area contributed by atoms with Gasteiger partial charge in [0.05, 0.1) is 11.3 Å². The van der Waals surface area contributed by atoms with Crippen LogP contribution in [0.25, 0.3) is 0 Å². The summed E-state index contributed by atoms with van der Waals surface area (Å²) in [6.45, 7) is 4.48. The van der Waals surface area contributed by atoms with E-state index in [1.54, 1.807) is 23.1 Å². The zero-order valence-electron chi connectivity index (χ0n) is 12.1. The Morgan fingerprint density at radius 3 is 2.67 bits per heavy atom. The van der Waals surface area contributed by atoms with Crippen molar-refractivity contribution in [1.29, 1.82) is 0 Å². The summed E-state index contributed by atoms with van der Waals surface area (Å²) < 4.78 is 0. The molecule has 1 amide bonds. The van der Waals surface area contributed by atoms with Crippen molar-refractivity contribution < 1.29 is 4.79 Å². The van der Waals surface area contributed by atoms with E-state index in [9.17, 15) is 4.79 Å². The number of halogens is 1. The van der Waals surface area contributed by atoms with Gasteiger partial charge in [0.15, 0.2) is 0 Å². The summed E-state index contributed by atoms with van der Waals surface area (Å²) in [5.74, 6) is 5.34. The monoisotopic (exact) mass is 303 g/mol.